The van der Waals surface area contributed by atoms with Gasteiger partial charge in [-0.3, -0.25) is 0 Å². The zero-order chi connectivity index (χ0) is 24.3. The van der Waals surface area contributed by atoms with E-state index in [1.807, 2.05) is 72.8 Å². The van der Waals surface area contributed by atoms with Gasteiger partial charge >= 0.3 is 0 Å². The summed E-state index contributed by atoms with van der Waals surface area (Å²) >= 11 is 0. The summed E-state index contributed by atoms with van der Waals surface area (Å²) in [6.45, 7) is 6.29. The van der Waals surface area contributed by atoms with E-state index in [2.05, 4.69) is 51.5 Å². The highest BCUT2D eigenvalue weighted by Gasteiger charge is 2.19. The van der Waals surface area contributed by atoms with Crippen LogP contribution in [0.5, 0.6) is 0 Å². The van der Waals surface area contributed by atoms with Crippen LogP contribution in [-0.4, -0.2) is 29.7 Å². The molecule has 0 saturated heterocycles. The number of nitrogens with zero attached hydrogens (tertiary/aromatic N) is 6. The SMILES string of the molecule is CC(C)(C)c1ncn(-c2ccc(Nc3nccc(-c4ccnc(Nc5ccccc5)c4)n3)cc2)n1. The number of para-hydroxylation sites is 1. The number of rotatable bonds is 6. The van der Waals surface area contributed by atoms with Crippen molar-refractivity contribution in [2.75, 3.05) is 10.6 Å². The molecule has 0 spiro atoms. The van der Waals surface area contributed by atoms with Gasteiger partial charge < -0.3 is 10.6 Å². The monoisotopic (exact) mass is 462 g/mol. The lowest BCUT2D eigenvalue weighted by Gasteiger charge is -2.12. The van der Waals surface area contributed by atoms with Crippen molar-refractivity contribution in [2.24, 2.45) is 0 Å². The normalized spacial score (nSPS) is 11.3. The summed E-state index contributed by atoms with van der Waals surface area (Å²) in [5, 5.41) is 11.2. The van der Waals surface area contributed by atoms with E-state index < -0.39 is 0 Å². The van der Waals surface area contributed by atoms with Gasteiger partial charge in [0.25, 0.3) is 0 Å². The first-order valence-electron chi connectivity index (χ1n) is 11.4. The zero-order valence-electron chi connectivity index (χ0n) is 19.8. The van der Waals surface area contributed by atoms with Gasteiger partial charge in [0.2, 0.25) is 5.95 Å². The molecule has 0 aliphatic carbocycles. The van der Waals surface area contributed by atoms with Crippen molar-refractivity contribution in [1.29, 1.82) is 0 Å². The molecule has 0 fully saturated rings. The van der Waals surface area contributed by atoms with Crippen molar-refractivity contribution in [3.05, 3.63) is 97.3 Å². The molecule has 5 rings (SSSR count). The maximum atomic E-state index is 4.69. The minimum Gasteiger partial charge on any atom is -0.340 e. The molecule has 2 N–H and O–H groups in total. The Labute approximate surface area is 204 Å². The van der Waals surface area contributed by atoms with Crippen LogP contribution in [0, 0.1) is 0 Å². The minimum atomic E-state index is -0.0949. The molecule has 174 valence electrons. The molecule has 3 aromatic heterocycles. The van der Waals surface area contributed by atoms with Crippen LogP contribution in [0.2, 0.25) is 0 Å². The third kappa shape index (κ3) is 5.33. The molecule has 35 heavy (non-hydrogen) atoms. The minimum absolute atomic E-state index is 0.0949. The maximum Gasteiger partial charge on any atom is 0.227 e. The topological polar surface area (TPSA) is 93.4 Å². The Morgan fingerprint density at radius 1 is 0.743 bits per heavy atom. The molecule has 8 heteroatoms. The standard InChI is InChI=1S/C27H26N8/c1-27(2,3)25-30-18-35(34-25)22-11-9-21(10-12-22)32-26-29-16-14-23(33-26)19-13-15-28-24(17-19)31-20-7-5-4-6-8-20/h4-18H,1-3H3,(H,28,31)(H,29,32,33). The molecule has 0 aliphatic heterocycles. The summed E-state index contributed by atoms with van der Waals surface area (Å²) in [6.07, 6.45) is 5.25. The van der Waals surface area contributed by atoms with E-state index in [0.717, 1.165) is 40.0 Å². The number of aromatic nitrogens is 6. The lowest BCUT2D eigenvalue weighted by molar-refractivity contribution is 0.543. The second-order valence-corrected chi connectivity index (χ2v) is 9.12. The predicted octanol–water partition coefficient (Wildman–Crippen LogP) is 5.90. The number of benzene rings is 2. The van der Waals surface area contributed by atoms with E-state index in [1.54, 1.807) is 23.4 Å². The Kier molecular flexibility index (Phi) is 5.93. The first kappa shape index (κ1) is 22.2. The molecule has 0 amide bonds. The number of hydrogen-bond donors (Lipinski definition) is 2. The van der Waals surface area contributed by atoms with Crippen LogP contribution in [0.3, 0.4) is 0 Å². The Morgan fingerprint density at radius 2 is 1.49 bits per heavy atom. The van der Waals surface area contributed by atoms with Crippen LogP contribution in [0.15, 0.2) is 91.5 Å². The van der Waals surface area contributed by atoms with E-state index in [0.29, 0.717) is 5.95 Å². The smallest absolute Gasteiger partial charge is 0.227 e. The van der Waals surface area contributed by atoms with Crippen LogP contribution < -0.4 is 10.6 Å². The highest BCUT2D eigenvalue weighted by Crippen LogP contribution is 2.24. The fraction of sp³-hybridized carbons (Fsp3) is 0.148. The number of nitrogens with one attached hydrogen (secondary N) is 2. The van der Waals surface area contributed by atoms with Gasteiger partial charge in [-0.2, -0.15) is 5.10 Å². The summed E-state index contributed by atoms with van der Waals surface area (Å²) in [5.41, 5.74) is 4.44. The summed E-state index contributed by atoms with van der Waals surface area (Å²) < 4.78 is 1.78. The van der Waals surface area contributed by atoms with Crippen molar-refractivity contribution in [3.63, 3.8) is 0 Å². The molecule has 0 atom stereocenters. The van der Waals surface area contributed by atoms with Gasteiger partial charge in [0.15, 0.2) is 5.82 Å². The summed E-state index contributed by atoms with van der Waals surface area (Å²) in [6, 6.07) is 23.6. The van der Waals surface area contributed by atoms with Crippen molar-refractivity contribution >= 4 is 23.1 Å². The summed E-state index contributed by atoms with van der Waals surface area (Å²) in [7, 11) is 0. The molecule has 2 aromatic carbocycles. The average Bonchev–Trinajstić information content (AvgIpc) is 3.37. The number of anilines is 4. The summed E-state index contributed by atoms with van der Waals surface area (Å²) in [5.74, 6) is 2.07. The Hall–Kier alpha value is -4.59. The molecule has 8 nitrogen and oxygen atoms in total. The molecule has 0 aliphatic rings. The predicted molar refractivity (Wildman–Crippen MR) is 138 cm³/mol. The second-order valence-electron chi connectivity index (χ2n) is 9.12. The highest BCUT2D eigenvalue weighted by molar-refractivity contribution is 5.67. The third-order valence-corrected chi connectivity index (χ3v) is 5.31. The van der Waals surface area contributed by atoms with Crippen molar-refractivity contribution in [1.82, 2.24) is 29.7 Å². The lowest BCUT2D eigenvalue weighted by atomic mass is 9.96. The van der Waals surface area contributed by atoms with Gasteiger partial charge in [0.05, 0.1) is 11.4 Å². The van der Waals surface area contributed by atoms with Crippen LogP contribution in [-0.2, 0) is 5.41 Å². The van der Waals surface area contributed by atoms with Crippen molar-refractivity contribution in [2.45, 2.75) is 26.2 Å². The molecular weight excluding hydrogens is 436 g/mol. The Morgan fingerprint density at radius 3 is 2.23 bits per heavy atom. The van der Waals surface area contributed by atoms with Gasteiger partial charge in [0.1, 0.15) is 12.1 Å². The molecule has 0 saturated carbocycles. The number of pyridine rings is 1. The molecule has 3 heterocycles. The van der Waals surface area contributed by atoms with Crippen LogP contribution in [0.1, 0.15) is 26.6 Å². The highest BCUT2D eigenvalue weighted by atomic mass is 15.3. The van der Waals surface area contributed by atoms with E-state index >= 15 is 0 Å². The first-order valence-corrected chi connectivity index (χ1v) is 11.4. The lowest BCUT2D eigenvalue weighted by Crippen LogP contribution is -2.14. The van der Waals surface area contributed by atoms with Crippen molar-refractivity contribution in [3.8, 4) is 16.9 Å². The quantitative estimate of drug-likeness (QED) is 0.324. The fourth-order valence-electron chi connectivity index (χ4n) is 3.47. The fourth-order valence-corrected chi connectivity index (χ4v) is 3.47. The van der Waals surface area contributed by atoms with Gasteiger partial charge in [0, 0.05) is 34.7 Å². The van der Waals surface area contributed by atoms with Crippen molar-refractivity contribution < 1.29 is 0 Å². The largest absolute Gasteiger partial charge is 0.340 e. The van der Waals surface area contributed by atoms with E-state index in [-0.39, 0.29) is 5.41 Å². The summed E-state index contributed by atoms with van der Waals surface area (Å²) in [4.78, 5) is 17.9. The zero-order valence-corrected chi connectivity index (χ0v) is 19.8. The van der Waals surface area contributed by atoms with Gasteiger partial charge in [-0.25, -0.2) is 24.6 Å². The van der Waals surface area contributed by atoms with E-state index in [9.17, 15) is 0 Å². The van der Waals surface area contributed by atoms with Crippen LogP contribution >= 0.6 is 0 Å². The first-order chi connectivity index (χ1) is 16.9. The molecule has 0 unspecified atom stereocenters. The van der Waals surface area contributed by atoms with Crippen LogP contribution in [0.25, 0.3) is 16.9 Å². The average molecular weight is 463 g/mol. The van der Waals surface area contributed by atoms with Gasteiger partial charge in [-0.1, -0.05) is 39.0 Å². The van der Waals surface area contributed by atoms with Gasteiger partial charge in [-0.05, 0) is 54.6 Å². The van der Waals surface area contributed by atoms with Gasteiger partial charge in [-0.15, -0.1) is 0 Å². The van der Waals surface area contributed by atoms with E-state index in [1.165, 1.54) is 0 Å². The Balaban J connectivity index is 1.31. The Bertz CT molecular complexity index is 1420. The molecule has 5 aromatic rings. The van der Waals surface area contributed by atoms with Crippen LogP contribution in [0.4, 0.5) is 23.1 Å². The molecule has 0 radical (unpaired) electrons. The molecular formula is C27H26N8. The second kappa shape index (κ2) is 9.34. The maximum absolute atomic E-state index is 4.69. The molecule has 0 bridgehead atoms. The number of hydrogen-bond acceptors (Lipinski definition) is 7. The third-order valence-electron chi connectivity index (χ3n) is 5.31. The van der Waals surface area contributed by atoms with E-state index in [4.69, 9.17) is 4.98 Å².